The van der Waals surface area contributed by atoms with Gasteiger partial charge in [0.2, 0.25) is 5.91 Å². The smallest absolute Gasteiger partial charge is 0.242 e. The van der Waals surface area contributed by atoms with Crippen LogP contribution in [0.15, 0.2) is 71.3 Å². The van der Waals surface area contributed by atoms with Crippen molar-refractivity contribution in [2.24, 2.45) is 0 Å². The average molecular weight is 428 g/mol. The van der Waals surface area contributed by atoms with Gasteiger partial charge < -0.3 is 9.15 Å². The second-order valence-corrected chi connectivity index (χ2v) is 8.40. The third kappa shape index (κ3) is 4.52. The third-order valence-corrected chi connectivity index (χ3v) is 6.20. The number of hydrogen-bond acceptors (Lipinski definition) is 5. The van der Waals surface area contributed by atoms with Gasteiger partial charge in [0, 0.05) is 5.56 Å². The zero-order valence-corrected chi connectivity index (χ0v) is 17.0. The van der Waals surface area contributed by atoms with Crippen molar-refractivity contribution in [3.8, 4) is 5.75 Å². The Bertz CT molecular complexity index is 1020. The minimum absolute atomic E-state index is 0.0414. The number of ether oxygens (including phenoxy) is 1. The normalized spacial score (nSPS) is 16.4. The first-order valence-electron chi connectivity index (χ1n) is 9.10. The summed E-state index contributed by atoms with van der Waals surface area (Å²) in [7, 11) is 0. The summed E-state index contributed by atoms with van der Waals surface area (Å²) in [5, 5.41) is -0.323. The number of para-hydroxylation sites is 1. The van der Waals surface area contributed by atoms with E-state index in [4.69, 9.17) is 21.4 Å². The van der Waals surface area contributed by atoms with Crippen LogP contribution in [0.4, 0.5) is 4.39 Å². The molecule has 1 saturated heterocycles. The van der Waals surface area contributed by atoms with Gasteiger partial charge in [-0.3, -0.25) is 9.69 Å². The zero-order valence-electron chi connectivity index (χ0n) is 15.4. The molecule has 0 spiro atoms. The molecule has 7 heteroatoms. The summed E-state index contributed by atoms with van der Waals surface area (Å²) in [5.74, 6) is 0.987. The molecule has 1 aromatic heterocycles. The van der Waals surface area contributed by atoms with Crippen molar-refractivity contribution >= 4 is 34.2 Å². The summed E-state index contributed by atoms with van der Waals surface area (Å²) in [5.41, 5.74) is 1.37. The third-order valence-electron chi connectivity index (χ3n) is 4.62. The Kier molecular flexibility index (Phi) is 5.97. The predicted molar refractivity (Wildman–Crippen MR) is 114 cm³/mol. The minimum atomic E-state index is -0.323. The molecule has 0 saturated carbocycles. The van der Waals surface area contributed by atoms with Crippen molar-refractivity contribution in [2.75, 3.05) is 0 Å². The first-order valence-corrected chi connectivity index (χ1v) is 10.4. The number of thiocarbonyl (C=S) groups is 1. The Morgan fingerprint density at radius 3 is 2.59 bits per heavy atom. The highest BCUT2D eigenvalue weighted by Gasteiger charge is 2.37. The Balaban J connectivity index is 1.45. The van der Waals surface area contributed by atoms with Crippen LogP contribution >= 0.6 is 24.0 Å². The number of halogens is 1. The number of carbonyl (C=O) groups is 1. The second-order valence-electron chi connectivity index (χ2n) is 6.57. The van der Waals surface area contributed by atoms with E-state index >= 15 is 0 Å². The summed E-state index contributed by atoms with van der Waals surface area (Å²) in [6.07, 6.45) is 2.05. The monoisotopic (exact) mass is 427 g/mol. The number of carbonyl (C=O) groups excluding carboxylic acids is 1. The van der Waals surface area contributed by atoms with Crippen LogP contribution in [-0.2, 0) is 24.4 Å². The summed E-state index contributed by atoms with van der Waals surface area (Å²) in [6.45, 7) is 0.456. The zero-order chi connectivity index (χ0) is 20.2. The van der Waals surface area contributed by atoms with Crippen LogP contribution in [0.3, 0.4) is 0 Å². The molecule has 0 aliphatic carbocycles. The fraction of sp³-hybridized carbons (Fsp3) is 0.182. The van der Waals surface area contributed by atoms with Gasteiger partial charge in [-0.25, -0.2) is 4.39 Å². The largest absolute Gasteiger partial charge is 0.489 e. The van der Waals surface area contributed by atoms with Crippen molar-refractivity contribution in [2.45, 2.75) is 24.8 Å². The number of benzene rings is 2. The van der Waals surface area contributed by atoms with E-state index in [1.54, 1.807) is 35.4 Å². The Labute approximate surface area is 177 Å². The average Bonchev–Trinajstić information content (AvgIpc) is 3.33. The van der Waals surface area contributed by atoms with E-state index in [1.165, 1.54) is 17.8 Å². The number of nitrogens with zero attached hydrogens (tertiary/aromatic N) is 1. The van der Waals surface area contributed by atoms with Crippen LogP contribution in [0.25, 0.3) is 0 Å². The van der Waals surface area contributed by atoms with E-state index in [0.717, 1.165) is 5.56 Å². The summed E-state index contributed by atoms with van der Waals surface area (Å²) in [6, 6.07) is 17.6. The standard InChI is InChI=1S/C22H18FNO3S2/c23-18-9-3-1-7-16(18)14-27-19-10-4-2-6-15(19)12-20-21(25)24(22(28)29-20)13-17-8-5-11-26-17/h1-11,20H,12-14H2/t20-/m0/s1. The highest BCUT2D eigenvalue weighted by Crippen LogP contribution is 2.33. The van der Waals surface area contributed by atoms with E-state index in [1.807, 2.05) is 30.3 Å². The quantitative estimate of drug-likeness (QED) is 0.498. The van der Waals surface area contributed by atoms with Gasteiger partial charge in [0.05, 0.1) is 18.1 Å². The fourth-order valence-corrected chi connectivity index (χ4v) is 4.63. The molecule has 0 bridgehead atoms. The Morgan fingerprint density at radius 1 is 1.07 bits per heavy atom. The van der Waals surface area contributed by atoms with Gasteiger partial charge in [0.25, 0.3) is 0 Å². The molecule has 1 aliphatic rings. The predicted octanol–water partition coefficient (Wildman–Crippen LogP) is 4.97. The summed E-state index contributed by atoms with van der Waals surface area (Å²) >= 11 is 6.77. The number of hydrogen-bond donors (Lipinski definition) is 0. The van der Waals surface area contributed by atoms with E-state index in [0.29, 0.717) is 34.4 Å². The molecule has 2 heterocycles. The van der Waals surface area contributed by atoms with Gasteiger partial charge in [-0.15, -0.1) is 0 Å². The first kappa shape index (κ1) is 19.7. The molecule has 29 heavy (non-hydrogen) atoms. The van der Waals surface area contributed by atoms with Gasteiger partial charge in [0.1, 0.15) is 28.3 Å². The molecule has 1 aliphatic heterocycles. The van der Waals surface area contributed by atoms with Crippen LogP contribution in [0.5, 0.6) is 5.75 Å². The van der Waals surface area contributed by atoms with Crippen molar-refractivity contribution in [1.82, 2.24) is 4.90 Å². The lowest BCUT2D eigenvalue weighted by Crippen LogP contribution is -2.31. The Morgan fingerprint density at radius 2 is 1.83 bits per heavy atom. The van der Waals surface area contributed by atoms with Crippen molar-refractivity contribution in [1.29, 1.82) is 0 Å². The summed E-state index contributed by atoms with van der Waals surface area (Å²) < 4.78 is 25.6. The lowest BCUT2D eigenvalue weighted by Gasteiger charge is -2.15. The van der Waals surface area contributed by atoms with Gasteiger partial charge >= 0.3 is 0 Å². The molecular weight excluding hydrogens is 409 g/mol. The number of rotatable bonds is 7. The molecule has 1 atom stereocenters. The first-order chi connectivity index (χ1) is 14.1. The lowest BCUT2D eigenvalue weighted by molar-refractivity contribution is -0.126. The van der Waals surface area contributed by atoms with Crippen molar-refractivity contribution in [3.05, 3.63) is 89.6 Å². The molecule has 4 nitrogen and oxygen atoms in total. The number of thioether (sulfide) groups is 1. The van der Waals surface area contributed by atoms with Crippen LogP contribution in [0, 0.1) is 5.82 Å². The minimum Gasteiger partial charge on any atom is -0.489 e. The SMILES string of the molecule is O=C1[C@H](Cc2ccccc2OCc2ccccc2F)SC(=S)N1Cc1ccco1. The van der Waals surface area contributed by atoms with Crippen molar-refractivity contribution in [3.63, 3.8) is 0 Å². The van der Waals surface area contributed by atoms with Crippen LogP contribution in [-0.4, -0.2) is 20.4 Å². The number of furan rings is 1. The van der Waals surface area contributed by atoms with Crippen molar-refractivity contribution < 1.29 is 18.3 Å². The molecule has 0 unspecified atom stereocenters. The molecule has 1 amide bonds. The van der Waals surface area contributed by atoms with Crippen LogP contribution in [0.1, 0.15) is 16.9 Å². The topological polar surface area (TPSA) is 42.7 Å². The number of amides is 1. The molecule has 0 radical (unpaired) electrons. The van der Waals surface area contributed by atoms with Gasteiger partial charge in [0.15, 0.2) is 0 Å². The maximum atomic E-state index is 13.9. The highest BCUT2D eigenvalue weighted by molar-refractivity contribution is 8.24. The van der Waals surface area contributed by atoms with E-state index in [9.17, 15) is 9.18 Å². The Hall–Kier alpha value is -2.64. The van der Waals surface area contributed by atoms with Crippen LogP contribution < -0.4 is 4.74 Å². The second kappa shape index (κ2) is 8.80. The molecule has 148 valence electrons. The maximum absolute atomic E-state index is 13.9. The van der Waals surface area contributed by atoms with Gasteiger partial charge in [-0.05, 0) is 36.2 Å². The molecule has 2 aromatic carbocycles. The fourth-order valence-electron chi connectivity index (χ4n) is 3.11. The summed E-state index contributed by atoms with van der Waals surface area (Å²) in [4.78, 5) is 14.4. The van der Waals surface area contributed by atoms with E-state index in [-0.39, 0.29) is 23.6 Å². The molecule has 1 fully saturated rings. The molecule has 3 aromatic rings. The lowest BCUT2D eigenvalue weighted by atomic mass is 10.1. The molecular formula is C22H18FNO3S2. The van der Waals surface area contributed by atoms with Gasteiger partial charge in [-0.2, -0.15) is 0 Å². The van der Waals surface area contributed by atoms with E-state index in [2.05, 4.69) is 0 Å². The molecule has 4 rings (SSSR count). The van der Waals surface area contributed by atoms with Gasteiger partial charge in [-0.1, -0.05) is 60.4 Å². The van der Waals surface area contributed by atoms with E-state index < -0.39 is 0 Å². The molecule has 0 N–H and O–H groups in total. The highest BCUT2D eigenvalue weighted by atomic mass is 32.2. The maximum Gasteiger partial charge on any atom is 0.242 e. The van der Waals surface area contributed by atoms with Crippen LogP contribution in [0.2, 0.25) is 0 Å².